The van der Waals surface area contributed by atoms with Gasteiger partial charge in [0, 0.05) is 38.3 Å². The number of nitrogens with zero attached hydrogens (tertiary/aromatic N) is 4. The molecule has 9 heteroatoms. The molecule has 3 heterocycles. The normalized spacial score (nSPS) is 16.1. The van der Waals surface area contributed by atoms with Crippen LogP contribution in [0.15, 0.2) is 65.6 Å². The van der Waals surface area contributed by atoms with Crippen LogP contribution in [0.2, 0.25) is 0 Å². The van der Waals surface area contributed by atoms with E-state index in [-0.39, 0.29) is 10.8 Å². The lowest BCUT2D eigenvalue weighted by molar-refractivity contribution is 0.0746. The zero-order valence-electron chi connectivity index (χ0n) is 21.6. The summed E-state index contributed by atoms with van der Waals surface area (Å²) in [6, 6.07) is 18.3. The second-order valence-electron chi connectivity index (χ2n) is 9.99. The van der Waals surface area contributed by atoms with Crippen molar-refractivity contribution in [1.29, 1.82) is 0 Å². The predicted octanol–water partition coefficient (Wildman–Crippen LogP) is 5.02. The molecule has 0 radical (unpaired) electrons. The standard InChI is InChI=1S/C29H30N4O3S2/c1-20-9-10-21(2)27-26(20)30-29(37-27)32-18-16-31(17-19-32)28(34)23-11-13-24(14-12-23)38(35,36)33-15-5-7-22-6-3-4-8-25(22)33/h3-4,6,8-14H,5,7,15-19H2,1-2H3. The molecule has 0 spiro atoms. The van der Waals surface area contributed by atoms with Crippen molar-refractivity contribution in [2.75, 3.05) is 41.9 Å². The van der Waals surface area contributed by atoms with Crippen LogP contribution < -0.4 is 9.21 Å². The van der Waals surface area contributed by atoms with E-state index in [4.69, 9.17) is 4.98 Å². The van der Waals surface area contributed by atoms with Gasteiger partial charge >= 0.3 is 0 Å². The van der Waals surface area contributed by atoms with Crippen LogP contribution in [0.4, 0.5) is 10.8 Å². The zero-order valence-corrected chi connectivity index (χ0v) is 23.2. The van der Waals surface area contributed by atoms with Crippen LogP contribution in [-0.2, 0) is 16.4 Å². The number of aromatic nitrogens is 1. The van der Waals surface area contributed by atoms with Crippen molar-refractivity contribution in [3.8, 4) is 0 Å². The summed E-state index contributed by atoms with van der Waals surface area (Å²) in [7, 11) is -3.70. The molecule has 0 N–H and O–H groups in total. The van der Waals surface area contributed by atoms with Gasteiger partial charge in [0.2, 0.25) is 0 Å². The lowest BCUT2D eigenvalue weighted by Gasteiger charge is -2.34. The number of benzene rings is 3. The first kappa shape index (κ1) is 24.9. The van der Waals surface area contributed by atoms with E-state index < -0.39 is 10.0 Å². The molecule has 0 atom stereocenters. The fraction of sp³-hybridized carbons (Fsp3) is 0.310. The van der Waals surface area contributed by atoms with Crippen LogP contribution in [0.25, 0.3) is 10.2 Å². The number of fused-ring (bicyclic) bond motifs is 2. The maximum atomic E-state index is 13.4. The molecule has 2 aliphatic rings. The number of amides is 1. The maximum Gasteiger partial charge on any atom is 0.264 e. The smallest absolute Gasteiger partial charge is 0.264 e. The van der Waals surface area contributed by atoms with Crippen molar-refractivity contribution in [1.82, 2.24) is 9.88 Å². The van der Waals surface area contributed by atoms with E-state index in [1.807, 2.05) is 29.2 Å². The summed E-state index contributed by atoms with van der Waals surface area (Å²) in [6.07, 6.45) is 1.66. The van der Waals surface area contributed by atoms with Crippen LogP contribution in [0.1, 0.15) is 33.5 Å². The Morgan fingerprint density at radius 2 is 1.58 bits per heavy atom. The molecule has 4 aromatic rings. The number of rotatable bonds is 4. The van der Waals surface area contributed by atoms with Crippen LogP contribution in [-0.4, -0.2) is 56.9 Å². The molecule has 0 bridgehead atoms. The summed E-state index contributed by atoms with van der Waals surface area (Å²) < 4.78 is 29.6. The lowest BCUT2D eigenvalue weighted by atomic mass is 10.0. The summed E-state index contributed by atoms with van der Waals surface area (Å²) in [6.45, 7) is 7.27. The molecular weight excluding hydrogens is 516 g/mol. The third kappa shape index (κ3) is 4.33. The van der Waals surface area contributed by atoms with Gasteiger partial charge in [0.15, 0.2) is 5.13 Å². The molecule has 38 heavy (non-hydrogen) atoms. The van der Waals surface area contributed by atoms with Crippen molar-refractivity contribution in [3.05, 3.63) is 82.9 Å². The van der Waals surface area contributed by atoms with Gasteiger partial charge in [0.05, 0.1) is 20.8 Å². The average Bonchev–Trinajstić information content (AvgIpc) is 3.42. The molecular formula is C29H30N4O3S2. The van der Waals surface area contributed by atoms with Crippen LogP contribution in [0.3, 0.4) is 0 Å². The van der Waals surface area contributed by atoms with Gasteiger partial charge < -0.3 is 9.80 Å². The van der Waals surface area contributed by atoms with E-state index in [2.05, 4.69) is 30.9 Å². The molecule has 1 aromatic heterocycles. The quantitative estimate of drug-likeness (QED) is 0.360. The van der Waals surface area contributed by atoms with Gasteiger partial charge in [-0.25, -0.2) is 13.4 Å². The first-order chi connectivity index (χ1) is 18.3. The largest absolute Gasteiger partial charge is 0.345 e. The maximum absolute atomic E-state index is 13.4. The summed E-state index contributed by atoms with van der Waals surface area (Å²) in [5, 5.41) is 0.998. The minimum Gasteiger partial charge on any atom is -0.345 e. The highest BCUT2D eigenvalue weighted by atomic mass is 32.2. The zero-order chi connectivity index (χ0) is 26.4. The van der Waals surface area contributed by atoms with Gasteiger partial charge in [-0.1, -0.05) is 41.7 Å². The third-order valence-electron chi connectivity index (χ3n) is 7.53. The average molecular weight is 547 g/mol. The van der Waals surface area contributed by atoms with Gasteiger partial charge in [0.25, 0.3) is 15.9 Å². The number of carbonyl (C=O) groups excluding carboxylic acids is 1. The predicted molar refractivity (Wildman–Crippen MR) is 153 cm³/mol. The van der Waals surface area contributed by atoms with Gasteiger partial charge in [-0.3, -0.25) is 9.10 Å². The molecule has 2 aliphatic heterocycles. The van der Waals surface area contributed by atoms with Crippen LogP contribution in [0.5, 0.6) is 0 Å². The SMILES string of the molecule is Cc1ccc(C)c2sc(N3CCN(C(=O)c4ccc(S(=O)(=O)N5CCCc6ccccc65)cc4)CC3)nc12. The number of piperazine rings is 1. The van der Waals surface area contributed by atoms with Crippen molar-refractivity contribution < 1.29 is 13.2 Å². The molecule has 7 nitrogen and oxygen atoms in total. The Hall–Kier alpha value is -3.43. The minimum absolute atomic E-state index is 0.0760. The van der Waals surface area contributed by atoms with E-state index in [0.717, 1.165) is 34.7 Å². The summed E-state index contributed by atoms with van der Waals surface area (Å²) in [5.41, 5.74) is 5.77. The number of hydrogen-bond acceptors (Lipinski definition) is 6. The number of hydrogen-bond donors (Lipinski definition) is 0. The lowest BCUT2D eigenvalue weighted by Crippen LogP contribution is -2.48. The Morgan fingerprint density at radius 3 is 2.32 bits per heavy atom. The van der Waals surface area contributed by atoms with Gasteiger partial charge in [-0.2, -0.15) is 0 Å². The monoisotopic (exact) mass is 546 g/mol. The molecule has 6 rings (SSSR count). The van der Waals surface area contributed by atoms with Gasteiger partial charge in [-0.05, 0) is 73.7 Å². The Kier molecular flexibility index (Phi) is 6.36. The molecule has 0 aliphatic carbocycles. The fourth-order valence-corrected chi connectivity index (χ4v) is 8.02. The first-order valence-corrected chi connectivity index (χ1v) is 15.2. The number of aryl methyl sites for hydroxylation is 3. The van der Waals surface area contributed by atoms with Crippen molar-refractivity contribution >= 4 is 48.3 Å². The second-order valence-corrected chi connectivity index (χ2v) is 12.8. The molecule has 196 valence electrons. The van der Waals surface area contributed by atoms with E-state index >= 15 is 0 Å². The second kappa shape index (κ2) is 9.71. The van der Waals surface area contributed by atoms with Crippen molar-refractivity contribution in [2.45, 2.75) is 31.6 Å². The summed E-state index contributed by atoms with van der Waals surface area (Å²) in [4.78, 5) is 22.4. The number of sulfonamides is 1. The van der Waals surface area contributed by atoms with Crippen molar-refractivity contribution in [2.24, 2.45) is 0 Å². The van der Waals surface area contributed by atoms with Crippen LogP contribution in [0, 0.1) is 13.8 Å². The van der Waals surface area contributed by atoms with E-state index in [0.29, 0.717) is 38.3 Å². The molecule has 1 saturated heterocycles. The number of para-hydroxylation sites is 1. The first-order valence-electron chi connectivity index (χ1n) is 12.9. The Balaban J connectivity index is 1.14. The highest BCUT2D eigenvalue weighted by Gasteiger charge is 2.30. The number of carbonyl (C=O) groups is 1. The molecule has 0 unspecified atom stereocenters. The van der Waals surface area contributed by atoms with Crippen molar-refractivity contribution in [3.63, 3.8) is 0 Å². The molecule has 0 saturated carbocycles. The Labute approximate surface area is 227 Å². The number of anilines is 2. The molecule has 1 amide bonds. The van der Waals surface area contributed by atoms with E-state index in [1.165, 1.54) is 20.1 Å². The highest BCUT2D eigenvalue weighted by molar-refractivity contribution is 7.92. The van der Waals surface area contributed by atoms with Crippen LogP contribution >= 0.6 is 11.3 Å². The number of thiazole rings is 1. The highest BCUT2D eigenvalue weighted by Crippen LogP contribution is 2.34. The molecule has 3 aromatic carbocycles. The summed E-state index contributed by atoms with van der Waals surface area (Å²) in [5.74, 6) is -0.0760. The topological polar surface area (TPSA) is 73.8 Å². The van der Waals surface area contributed by atoms with E-state index in [9.17, 15) is 13.2 Å². The summed E-state index contributed by atoms with van der Waals surface area (Å²) >= 11 is 1.71. The van der Waals surface area contributed by atoms with E-state index in [1.54, 1.807) is 35.6 Å². The molecule has 1 fully saturated rings. The minimum atomic E-state index is -3.70. The Bertz CT molecular complexity index is 1580. The Morgan fingerprint density at radius 1 is 0.868 bits per heavy atom. The fourth-order valence-electron chi connectivity index (χ4n) is 5.31. The third-order valence-corrected chi connectivity index (χ3v) is 10.6. The van der Waals surface area contributed by atoms with Gasteiger partial charge in [0.1, 0.15) is 0 Å². The van der Waals surface area contributed by atoms with Gasteiger partial charge in [-0.15, -0.1) is 0 Å².